The second kappa shape index (κ2) is 7.73. The second-order valence-electron chi connectivity index (χ2n) is 6.44. The molecule has 1 saturated heterocycles. The standard InChI is InChI=1S/C18H21ClN6S/c19-13-6-4-12(5-7-13)16-22-15(20)14-17(23-16)24-18(26-14)21-8-11-25-9-2-1-3-10-25/h4-7H,1-3,8-11H2,(H3,20,21,22,23,24). The first-order valence-electron chi connectivity index (χ1n) is 8.85. The number of nitrogens with one attached hydrogen (secondary N) is 1. The van der Waals surface area contributed by atoms with Gasteiger partial charge in [0.1, 0.15) is 10.5 Å². The fourth-order valence-electron chi connectivity index (χ4n) is 3.15. The lowest BCUT2D eigenvalue weighted by molar-refractivity contribution is 0.237. The lowest BCUT2D eigenvalue weighted by atomic mass is 10.1. The van der Waals surface area contributed by atoms with Crippen molar-refractivity contribution in [3.05, 3.63) is 29.3 Å². The van der Waals surface area contributed by atoms with Gasteiger partial charge in [-0.2, -0.15) is 4.98 Å². The molecule has 3 aromatic rings. The van der Waals surface area contributed by atoms with Gasteiger partial charge >= 0.3 is 0 Å². The van der Waals surface area contributed by atoms with Gasteiger partial charge in [-0.3, -0.25) is 0 Å². The van der Waals surface area contributed by atoms with Crippen LogP contribution in [0.15, 0.2) is 24.3 Å². The van der Waals surface area contributed by atoms with E-state index in [1.165, 1.54) is 43.7 Å². The van der Waals surface area contributed by atoms with Crippen LogP contribution < -0.4 is 11.1 Å². The maximum absolute atomic E-state index is 6.14. The molecule has 3 N–H and O–H groups in total. The van der Waals surface area contributed by atoms with Crippen molar-refractivity contribution in [1.82, 2.24) is 19.9 Å². The van der Waals surface area contributed by atoms with E-state index in [0.29, 0.717) is 22.3 Å². The number of anilines is 2. The summed E-state index contributed by atoms with van der Waals surface area (Å²) in [6.07, 6.45) is 3.97. The number of aromatic nitrogens is 3. The van der Waals surface area contributed by atoms with Gasteiger partial charge in [0.15, 0.2) is 16.6 Å². The highest BCUT2D eigenvalue weighted by Crippen LogP contribution is 2.30. The molecule has 1 aliphatic rings. The van der Waals surface area contributed by atoms with Gasteiger partial charge in [0.2, 0.25) is 0 Å². The maximum atomic E-state index is 6.14. The molecule has 0 atom stereocenters. The summed E-state index contributed by atoms with van der Waals surface area (Å²) in [5.74, 6) is 1.03. The molecule has 8 heteroatoms. The summed E-state index contributed by atoms with van der Waals surface area (Å²) in [6.45, 7) is 4.30. The lowest BCUT2D eigenvalue weighted by Crippen LogP contribution is -2.33. The zero-order valence-electron chi connectivity index (χ0n) is 14.4. The fraction of sp³-hybridized carbons (Fsp3) is 0.389. The van der Waals surface area contributed by atoms with E-state index in [2.05, 4.69) is 25.2 Å². The van der Waals surface area contributed by atoms with Crippen LogP contribution >= 0.6 is 22.9 Å². The number of nitrogens with two attached hydrogens (primary N) is 1. The molecular weight excluding hydrogens is 368 g/mol. The Morgan fingerprint density at radius 3 is 2.62 bits per heavy atom. The number of piperidine rings is 1. The summed E-state index contributed by atoms with van der Waals surface area (Å²) >= 11 is 7.45. The minimum absolute atomic E-state index is 0.460. The number of halogens is 1. The summed E-state index contributed by atoms with van der Waals surface area (Å²) in [6, 6.07) is 7.39. The van der Waals surface area contributed by atoms with E-state index < -0.39 is 0 Å². The topological polar surface area (TPSA) is 80.0 Å². The van der Waals surface area contributed by atoms with Gasteiger partial charge in [0.05, 0.1) is 0 Å². The summed E-state index contributed by atoms with van der Waals surface area (Å²) < 4.78 is 0.822. The van der Waals surface area contributed by atoms with E-state index in [1.54, 1.807) is 0 Å². The third-order valence-corrected chi connectivity index (χ3v) is 5.81. The highest BCUT2D eigenvalue weighted by molar-refractivity contribution is 7.22. The van der Waals surface area contributed by atoms with Crippen LogP contribution in [0.2, 0.25) is 5.02 Å². The Balaban J connectivity index is 1.49. The predicted octanol–water partition coefficient (Wildman–Crippen LogP) is 3.89. The molecule has 1 aromatic carbocycles. The maximum Gasteiger partial charge on any atom is 0.185 e. The molecule has 1 fully saturated rings. The Kier molecular flexibility index (Phi) is 5.19. The molecule has 0 saturated carbocycles. The third kappa shape index (κ3) is 3.90. The van der Waals surface area contributed by atoms with Gasteiger partial charge in [0.25, 0.3) is 0 Å². The number of nitrogen functional groups attached to an aromatic ring is 1. The van der Waals surface area contributed by atoms with Crippen molar-refractivity contribution >= 4 is 44.2 Å². The van der Waals surface area contributed by atoms with Gasteiger partial charge in [-0.25, -0.2) is 9.97 Å². The normalized spacial score (nSPS) is 15.4. The summed E-state index contributed by atoms with van der Waals surface area (Å²) in [5, 5.41) is 4.92. The molecular formula is C18H21ClN6S. The number of nitrogens with zero attached hydrogens (tertiary/aromatic N) is 4. The van der Waals surface area contributed by atoms with E-state index in [1.807, 2.05) is 24.3 Å². The number of likely N-dealkylation sites (tertiary alicyclic amines) is 1. The van der Waals surface area contributed by atoms with Gasteiger partial charge in [-0.05, 0) is 50.2 Å². The van der Waals surface area contributed by atoms with Crippen molar-refractivity contribution in [2.75, 3.05) is 37.2 Å². The number of hydrogen-bond donors (Lipinski definition) is 2. The molecule has 0 radical (unpaired) electrons. The number of rotatable bonds is 5. The van der Waals surface area contributed by atoms with Crippen LogP contribution in [0.3, 0.4) is 0 Å². The number of hydrogen-bond acceptors (Lipinski definition) is 7. The molecule has 4 rings (SSSR count). The average molecular weight is 389 g/mol. The van der Waals surface area contributed by atoms with Crippen LogP contribution in [0.4, 0.5) is 10.9 Å². The zero-order chi connectivity index (χ0) is 17.9. The molecule has 26 heavy (non-hydrogen) atoms. The van der Waals surface area contributed by atoms with Gasteiger partial charge in [-0.15, -0.1) is 0 Å². The van der Waals surface area contributed by atoms with Gasteiger partial charge in [0, 0.05) is 23.7 Å². The van der Waals surface area contributed by atoms with Crippen molar-refractivity contribution < 1.29 is 0 Å². The first-order chi connectivity index (χ1) is 12.7. The van der Waals surface area contributed by atoms with Crippen molar-refractivity contribution in [3.63, 3.8) is 0 Å². The molecule has 0 aliphatic carbocycles. The second-order valence-corrected chi connectivity index (χ2v) is 7.88. The molecule has 3 heterocycles. The van der Waals surface area contributed by atoms with E-state index in [4.69, 9.17) is 17.3 Å². The zero-order valence-corrected chi connectivity index (χ0v) is 16.0. The number of thiazole rings is 1. The van der Waals surface area contributed by atoms with Crippen molar-refractivity contribution in [3.8, 4) is 11.4 Å². The lowest BCUT2D eigenvalue weighted by Gasteiger charge is -2.26. The van der Waals surface area contributed by atoms with Crippen LogP contribution in [0.25, 0.3) is 21.7 Å². The molecule has 0 unspecified atom stereocenters. The molecule has 1 aliphatic heterocycles. The van der Waals surface area contributed by atoms with Crippen molar-refractivity contribution in [2.24, 2.45) is 0 Å². The molecule has 0 spiro atoms. The highest BCUT2D eigenvalue weighted by Gasteiger charge is 2.14. The Labute approximate surface area is 161 Å². The predicted molar refractivity (Wildman–Crippen MR) is 109 cm³/mol. The SMILES string of the molecule is Nc1nc(-c2ccc(Cl)cc2)nc2nc(NCCN3CCCCC3)sc12. The van der Waals surface area contributed by atoms with Crippen molar-refractivity contribution in [1.29, 1.82) is 0 Å². The molecule has 6 nitrogen and oxygen atoms in total. The van der Waals surface area contributed by atoms with Gasteiger partial charge < -0.3 is 16.0 Å². The number of fused-ring (bicyclic) bond motifs is 1. The Morgan fingerprint density at radius 1 is 1.08 bits per heavy atom. The van der Waals surface area contributed by atoms with Crippen LogP contribution in [-0.4, -0.2) is 46.0 Å². The Hall–Kier alpha value is -1.96. The van der Waals surface area contributed by atoms with E-state index in [-0.39, 0.29) is 0 Å². The summed E-state index contributed by atoms with van der Waals surface area (Å²) in [5.41, 5.74) is 7.64. The smallest absolute Gasteiger partial charge is 0.185 e. The largest absolute Gasteiger partial charge is 0.382 e. The van der Waals surface area contributed by atoms with Gasteiger partial charge in [-0.1, -0.05) is 29.4 Å². The van der Waals surface area contributed by atoms with E-state index >= 15 is 0 Å². The molecule has 2 aromatic heterocycles. The quantitative estimate of drug-likeness (QED) is 0.690. The third-order valence-electron chi connectivity index (χ3n) is 4.54. The van der Waals surface area contributed by atoms with E-state index in [9.17, 15) is 0 Å². The van der Waals surface area contributed by atoms with Crippen LogP contribution in [0.1, 0.15) is 19.3 Å². The molecule has 136 valence electrons. The monoisotopic (exact) mass is 388 g/mol. The average Bonchev–Trinajstić information content (AvgIpc) is 3.07. The molecule has 0 amide bonds. The van der Waals surface area contributed by atoms with Crippen molar-refractivity contribution in [2.45, 2.75) is 19.3 Å². The van der Waals surface area contributed by atoms with Crippen LogP contribution in [-0.2, 0) is 0 Å². The highest BCUT2D eigenvalue weighted by atomic mass is 35.5. The summed E-state index contributed by atoms with van der Waals surface area (Å²) in [4.78, 5) is 16.1. The first-order valence-corrected chi connectivity index (χ1v) is 10.0. The van der Waals surface area contributed by atoms with Crippen LogP contribution in [0.5, 0.6) is 0 Å². The van der Waals surface area contributed by atoms with Crippen LogP contribution in [0, 0.1) is 0 Å². The fourth-order valence-corrected chi connectivity index (χ4v) is 4.11. The minimum atomic E-state index is 0.460. The first kappa shape index (κ1) is 17.5. The Bertz CT molecular complexity index is 889. The Morgan fingerprint density at radius 2 is 1.85 bits per heavy atom. The number of benzene rings is 1. The van der Waals surface area contributed by atoms with E-state index in [0.717, 1.165) is 28.5 Å². The molecule has 0 bridgehead atoms. The minimum Gasteiger partial charge on any atom is -0.382 e. The summed E-state index contributed by atoms with van der Waals surface area (Å²) in [7, 11) is 0.